The molecule has 0 bridgehead atoms. The van der Waals surface area contributed by atoms with Gasteiger partial charge in [-0.3, -0.25) is 4.79 Å². The van der Waals surface area contributed by atoms with E-state index in [9.17, 15) is 4.79 Å². The predicted molar refractivity (Wildman–Crippen MR) is 83.8 cm³/mol. The molecule has 1 fully saturated rings. The van der Waals surface area contributed by atoms with E-state index >= 15 is 0 Å². The Morgan fingerprint density at radius 1 is 1.38 bits per heavy atom. The van der Waals surface area contributed by atoms with Crippen LogP contribution in [0.15, 0.2) is 24.3 Å². The lowest BCUT2D eigenvalue weighted by molar-refractivity contribution is -0.122. The molecule has 2 aromatic rings. The average molecular weight is 285 g/mol. The number of imidazole rings is 1. The van der Waals surface area contributed by atoms with Gasteiger partial charge in [-0.15, -0.1) is 0 Å². The molecule has 21 heavy (non-hydrogen) atoms. The third-order valence-electron chi connectivity index (χ3n) is 4.03. The van der Waals surface area contributed by atoms with Gasteiger partial charge >= 0.3 is 0 Å². The summed E-state index contributed by atoms with van der Waals surface area (Å²) in [4.78, 5) is 16.5. The number of para-hydroxylation sites is 2. The molecule has 1 aromatic carbocycles. The lowest BCUT2D eigenvalue weighted by Gasteiger charge is -2.11. The van der Waals surface area contributed by atoms with Crippen molar-refractivity contribution >= 4 is 16.9 Å². The molecule has 1 heterocycles. The zero-order valence-electron chi connectivity index (χ0n) is 12.8. The second kappa shape index (κ2) is 5.88. The number of fused-ring (bicyclic) bond motifs is 1. The normalized spacial score (nSPS) is 14.8. The van der Waals surface area contributed by atoms with E-state index in [0.717, 1.165) is 42.7 Å². The van der Waals surface area contributed by atoms with Crippen LogP contribution in [0.1, 0.15) is 38.9 Å². The van der Waals surface area contributed by atoms with Gasteiger partial charge in [0.1, 0.15) is 5.82 Å². The fraction of sp³-hybridized carbons (Fsp3) is 0.529. The van der Waals surface area contributed by atoms with Crippen LogP contribution in [0.2, 0.25) is 0 Å². The van der Waals surface area contributed by atoms with Crippen LogP contribution < -0.4 is 5.32 Å². The molecule has 1 aromatic heterocycles. The number of hydrogen-bond donors (Lipinski definition) is 1. The SMILES string of the molecule is CC(C)CCn1c(CNC(=O)C2CC2)nc2ccccc21. The number of benzene rings is 1. The molecule has 1 amide bonds. The van der Waals surface area contributed by atoms with E-state index in [0.29, 0.717) is 12.5 Å². The molecule has 0 unspecified atom stereocenters. The molecule has 4 heteroatoms. The molecule has 0 radical (unpaired) electrons. The summed E-state index contributed by atoms with van der Waals surface area (Å²) in [5.74, 6) is 2.04. The minimum absolute atomic E-state index is 0.178. The summed E-state index contributed by atoms with van der Waals surface area (Å²) >= 11 is 0. The number of aromatic nitrogens is 2. The van der Waals surface area contributed by atoms with Crippen molar-refractivity contribution in [2.24, 2.45) is 11.8 Å². The van der Waals surface area contributed by atoms with Crippen molar-refractivity contribution in [3.05, 3.63) is 30.1 Å². The van der Waals surface area contributed by atoms with Gasteiger partial charge in [0, 0.05) is 12.5 Å². The van der Waals surface area contributed by atoms with E-state index in [1.165, 1.54) is 0 Å². The maximum absolute atomic E-state index is 11.8. The third-order valence-corrected chi connectivity index (χ3v) is 4.03. The van der Waals surface area contributed by atoms with E-state index < -0.39 is 0 Å². The van der Waals surface area contributed by atoms with Crippen LogP contribution in [0.5, 0.6) is 0 Å². The molecule has 0 atom stereocenters. The number of carbonyl (C=O) groups is 1. The lowest BCUT2D eigenvalue weighted by atomic mass is 10.1. The fourth-order valence-electron chi connectivity index (χ4n) is 2.55. The van der Waals surface area contributed by atoms with Gasteiger partial charge in [0.2, 0.25) is 5.91 Å². The number of nitrogens with one attached hydrogen (secondary N) is 1. The first-order valence-electron chi connectivity index (χ1n) is 7.87. The summed E-state index contributed by atoms with van der Waals surface area (Å²) in [6.45, 7) is 5.94. The minimum Gasteiger partial charge on any atom is -0.349 e. The average Bonchev–Trinajstić information content (AvgIpc) is 3.25. The molecular weight excluding hydrogens is 262 g/mol. The molecule has 0 aliphatic heterocycles. The molecule has 0 spiro atoms. The molecule has 1 aliphatic carbocycles. The maximum Gasteiger partial charge on any atom is 0.223 e. The van der Waals surface area contributed by atoms with E-state index in [2.05, 4.69) is 29.8 Å². The zero-order valence-corrected chi connectivity index (χ0v) is 12.8. The van der Waals surface area contributed by atoms with Crippen molar-refractivity contribution in [2.45, 2.75) is 46.2 Å². The lowest BCUT2D eigenvalue weighted by Crippen LogP contribution is -2.26. The molecular formula is C17H23N3O. The second-order valence-corrected chi connectivity index (χ2v) is 6.34. The van der Waals surface area contributed by atoms with Crippen LogP contribution >= 0.6 is 0 Å². The molecule has 1 aliphatic rings. The summed E-state index contributed by atoms with van der Waals surface area (Å²) in [6, 6.07) is 8.19. The first kappa shape index (κ1) is 14.1. The largest absolute Gasteiger partial charge is 0.349 e. The van der Waals surface area contributed by atoms with E-state index in [-0.39, 0.29) is 11.8 Å². The van der Waals surface area contributed by atoms with Gasteiger partial charge < -0.3 is 9.88 Å². The van der Waals surface area contributed by atoms with E-state index in [4.69, 9.17) is 4.98 Å². The van der Waals surface area contributed by atoms with Gasteiger partial charge in [0.05, 0.1) is 17.6 Å². The number of aryl methyl sites for hydroxylation is 1. The van der Waals surface area contributed by atoms with Crippen LogP contribution in [0.3, 0.4) is 0 Å². The number of rotatable bonds is 6. The Labute approximate surface area is 125 Å². The van der Waals surface area contributed by atoms with Gasteiger partial charge in [0.15, 0.2) is 0 Å². The van der Waals surface area contributed by atoms with Gasteiger partial charge in [-0.05, 0) is 37.3 Å². The molecule has 112 valence electrons. The highest BCUT2D eigenvalue weighted by molar-refractivity contribution is 5.81. The van der Waals surface area contributed by atoms with Gasteiger partial charge in [0.25, 0.3) is 0 Å². The highest BCUT2D eigenvalue weighted by atomic mass is 16.2. The van der Waals surface area contributed by atoms with Crippen molar-refractivity contribution in [1.82, 2.24) is 14.9 Å². The Morgan fingerprint density at radius 3 is 2.86 bits per heavy atom. The highest BCUT2D eigenvalue weighted by Crippen LogP contribution is 2.28. The van der Waals surface area contributed by atoms with Crippen molar-refractivity contribution in [3.8, 4) is 0 Å². The second-order valence-electron chi connectivity index (χ2n) is 6.34. The summed E-state index contributed by atoms with van der Waals surface area (Å²) in [7, 11) is 0. The fourth-order valence-corrected chi connectivity index (χ4v) is 2.55. The van der Waals surface area contributed by atoms with Gasteiger partial charge in [-0.25, -0.2) is 4.98 Å². The zero-order chi connectivity index (χ0) is 14.8. The highest BCUT2D eigenvalue weighted by Gasteiger charge is 2.29. The molecule has 4 nitrogen and oxygen atoms in total. The summed E-state index contributed by atoms with van der Waals surface area (Å²) in [5, 5.41) is 3.03. The topological polar surface area (TPSA) is 46.9 Å². The standard InChI is InChI=1S/C17H23N3O/c1-12(2)9-10-20-15-6-4-3-5-14(15)19-16(20)11-18-17(21)13-7-8-13/h3-6,12-13H,7-11H2,1-2H3,(H,18,21). The number of amides is 1. The van der Waals surface area contributed by atoms with Crippen LogP contribution in [-0.2, 0) is 17.9 Å². The summed E-state index contributed by atoms with van der Waals surface area (Å²) in [6.07, 6.45) is 3.19. The summed E-state index contributed by atoms with van der Waals surface area (Å²) in [5.41, 5.74) is 2.17. The number of nitrogens with zero attached hydrogens (tertiary/aromatic N) is 2. The van der Waals surface area contributed by atoms with Crippen LogP contribution in [-0.4, -0.2) is 15.5 Å². The quantitative estimate of drug-likeness (QED) is 0.886. The maximum atomic E-state index is 11.8. The van der Waals surface area contributed by atoms with Crippen molar-refractivity contribution < 1.29 is 4.79 Å². The Hall–Kier alpha value is -1.84. The van der Waals surface area contributed by atoms with Crippen LogP contribution in [0.4, 0.5) is 0 Å². The van der Waals surface area contributed by atoms with Crippen LogP contribution in [0.25, 0.3) is 11.0 Å². The first-order valence-corrected chi connectivity index (χ1v) is 7.87. The van der Waals surface area contributed by atoms with E-state index in [1.807, 2.05) is 18.2 Å². The Morgan fingerprint density at radius 2 is 2.14 bits per heavy atom. The Bertz CT molecular complexity index is 641. The van der Waals surface area contributed by atoms with Gasteiger partial charge in [-0.2, -0.15) is 0 Å². The van der Waals surface area contributed by atoms with Crippen molar-refractivity contribution in [3.63, 3.8) is 0 Å². The Kier molecular flexibility index (Phi) is 3.95. The number of carbonyl (C=O) groups excluding carboxylic acids is 1. The monoisotopic (exact) mass is 285 g/mol. The summed E-state index contributed by atoms with van der Waals surface area (Å²) < 4.78 is 2.25. The van der Waals surface area contributed by atoms with Crippen LogP contribution in [0, 0.1) is 11.8 Å². The minimum atomic E-state index is 0.178. The molecule has 0 saturated heterocycles. The van der Waals surface area contributed by atoms with E-state index in [1.54, 1.807) is 0 Å². The Balaban J connectivity index is 1.80. The molecule has 1 saturated carbocycles. The van der Waals surface area contributed by atoms with Crippen molar-refractivity contribution in [2.75, 3.05) is 0 Å². The number of hydrogen-bond acceptors (Lipinski definition) is 2. The molecule has 3 rings (SSSR count). The van der Waals surface area contributed by atoms with Gasteiger partial charge in [-0.1, -0.05) is 26.0 Å². The smallest absolute Gasteiger partial charge is 0.223 e. The van der Waals surface area contributed by atoms with Crippen molar-refractivity contribution in [1.29, 1.82) is 0 Å². The first-order chi connectivity index (χ1) is 10.1. The predicted octanol–water partition coefficient (Wildman–Crippen LogP) is 3.11. The third kappa shape index (κ3) is 3.26. The molecule has 1 N–H and O–H groups in total.